The Hall–Kier alpha value is -4.00. The molecule has 2 N–H and O–H groups in total. The van der Waals surface area contributed by atoms with Gasteiger partial charge in [-0.2, -0.15) is 0 Å². The molecule has 0 aliphatic heterocycles. The van der Waals surface area contributed by atoms with Crippen LogP contribution in [0.25, 0.3) is 11.1 Å². The van der Waals surface area contributed by atoms with Gasteiger partial charge in [-0.05, 0) is 49.3 Å². The first-order valence-corrected chi connectivity index (χ1v) is 9.02. The molecule has 0 fully saturated rings. The molecule has 0 heterocycles. The summed E-state index contributed by atoms with van der Waals surface area (Å²) in [5.41, 5.74) is 0.779. The second kappa shape index (κ2) is 6.52. The molecule has 7 heteroatoms. The Bertz CT molecular complexity index is 1280. The summed E-state index contributed by atoms with van der Waals surface area (Å²) in [4.78, 5) is 50.2. The van der Waals surface area contributed by atoms with Crippen molar-refractivity contribution >= 4 is 23.1 Å². The predicted molar refractivity (Wildman–Crippen MR) is 106 cm³/mol. The van der Waals surface area contributed by atoms with Crippen LogP contribution in [-0.4, -0.2) is 40.5 Å². The number of Topliss-reactive ketones (excluding diaryl/α,β-unsaturated/α-hetero) is 1. The maximum absolute atomic E-state index is 12.7. The molecule has 0 aromatic heterocycles. The fraction of sp³-hybridized carbons (Fsp3) is 0.130. The lowest BCUT2D eigenvalue weighted by atomic mass is 9.80. The predicted octanol–water partition coefficient (Wildman–Crippen LogP) is 3.23. The standard InChI is InChI=1S/C23H16O7/c1-9-6-11-19(15(27)8-16(30-3)22(11)28)23(29)18(9)17-10(2)7-14(26)20-12(24)4-5-13(25)21(17)20/h4-8,26,29H,1-3H3. The number of hydrogen-bond donors (Lipinski definition) is 2. The van der Waals surface area contributed by atoms with Crippen molar-refractivity contribution in [3.63, 3.8) is 0 Å². The van der Waals surface area contributed by atoms with Gasteiger partial charge in [-0.15, -0.1) is 0 Å². The zero-order valence-electron chi connectivity index (χ0n) is 16.3. The molecule has 4 rings (SSSR count). The van der Waals surface area contributed by atoms with E-state index in [1.807, 2.05) is 0 Å². The van der Waals surface area contributed by atoms with E-state index in [9.17, 15) is 29.4 Å². The molecule has 0 amide bonds. The van der Waals surface area contributed by atoms with Crippen LogP contribution in [0.3, 0.4) is 0 Å². The van der Waals surface area contributed by atoms with Crippen LogP contribution in [0.5, 0.6) is 11.5 Å². The Morgan fingerprint density at radius 3 is 1.97 bits per heavy atom. The van der Waals surface area contributed by atoms with E-state index in [-0.39, 0.29) is 44.9 Å². The van der Waals surface area contributed by atoms with Gasteiger partial charge >= 0.3 is 0 Å². The molecule has 0 spiro atoms. The average molecular weight is 404 g/mol. The third-order valence-electron chi connectivity index (χ3n) is 5.33. The Balaban J connectivity index is 2.10. The number of ketones is 4. The van der Waals surface area contributed by atoms with Crippen LogP contribution in [0, 0.1) is 13.8 Å². The van der Waals surface area contributed by atoms with Gasteiger partial charge in [-0.1, -0.05) is 0 Å². The van der Waals surface area contributed by atoms with Crippen molar-refractivity contribution in [2.45, 2.75) is 13.8 Å². The van der Waals surface area contributed by atoms with E-state index < -0.39 is 28.9 Å². The van der Waals surface area contributed by atoms with Gasteiger partial charge in [0.05, 0.1) is 18.2 Å². The fourth-order valence-electron chi connectivity index (χ4n) is 4.02. The number of aryl methyl sites for hydroxylation is 2. The van der Waals surface area contributed by atoms with Crippen LogP contribution in [0.15, 0.2) is 36.1 Å². The van der Waals surface area contributed by atoms with Gasteiger partial charge in [0.15, 0.2) is 23.1 Å². The van der Waals surface area contributed by atoms with Gasteiger partial charge in [-0.3, -0.25) is 19.2 Å². The summed E-state index contributed by atoms with van der Waals surface area (Å²) in [5.74, 6) is -3.17. The highest BCUT2D eigenvalue weighted by atomic mass is 16.5. The third-order valence-corrected chi connectivity index (χ3v) is 5.33. The number of phenols is 2. The lowest BCUT2D eigenvalue weighted by molar-refractivity contribution is 0.0915. The van der Waals surface area contributed by atoms with E-state index in [1.54, 1.807) is 13.8 Å². The number of carbonyl (C=O) groups is 4. The Kier molecular flexibility index (Phi) is 4.20. The molecular weight excluding hydrogens is 388 g/mol. The molecule has 0 bridgehead atoms. The summed E-state index contributed by atoms with van der Waals surface area (Å²) in [6, 6.07) is 2.77. The minimum absolute atomic E-state index is 0.00861. The minimum atomic E-state index is -0.618. The molecule has 2 aliphatic carbocycles. The first-order valence-electron chi connectivity index (χ1n) is 9.02. The van der Waals surface area contributed by atoms with Crippen molar-refractivity contribution in [1.82, 2.24) is 0 Å². The molecule has 0 atom stereocenters. The van der Waals surface area contributed by atoms with Gasteiger partial charge < -0.3 is 14.9 Å². The SMILES string of the molecule is COC1=CC(=O)c2c(cc(C)c(-c3c(C)cc(O)c4c3C(=O)C=CC4=O)c2O)C1=O. The summed E-state index contributed by atoms with van der Waals surface area (Å²) in [6.45, 7) is 3.22. The van der Waals surface area contributed by atoms with Crippen molar-refractivity contribution in [2.75, 3.05) is 7.11 Å². The Morgan fingerprint density at radius 2 is 1.33 bits per heavy atom. The van der Waals surface area contributed by atoms with E-state index >= 15 is 0 Å². The second-order valence-corrected chi connectivity index (χ2v) is 7.15. The lowest BCUT2D eigenvalue weighted by Crippen LogP contribution is -2.19. The fourth-order valence-corrected chi connectivity index (χ4v) is 4.02. The molecule has 0 radical (unpaired) electrons. The number of methoxy groups -OCH3 is 1. The summed E-state index contributed by atoms with van der Waals surface area (Å²) in [5, 5.41) is 21.3. The third kappa shape index (κ3) is 2.52. The van der Waals surface area contributed by atoms with Crippen molar-refractivity contribution in [3.8, 4) is 22.6 Å². The van der Waals surface area contributed by atoms with E-state index in [4.69, 9.17) is 4.74 Å². The maximum atomic E-state index is 12.7. The lowest BCUT2D eigenvalue weighted by Gasteiger charge is -2.23. The highest BCUT2D eigenvalue weighted by molar-refractivity contribution is 6.28. The van der Waals surface area contributed by atoms with Crippen LogP contribution in [0.1, 0.15) is 52.6 Å². The van der Waals surface area contributed by atoms with Crippen molar-refractivity contribution < 1.29 is 34.1 Å². The average Bonchev–Trinajstić information content (AvgIpc) is 2.68. The van der Waals surface area contributed by atoms with Crippen molar-refractivity contribution in [3.05, 3.63) is 69.5 Å². The Morgan fingerprint density at radius 1 is 0.733 bits per heavy atom. The van der Waals surface area contributed by atoms with E-state index in [0.717, 1.165) is 18.2 Å². The monoisotopic (exact) mass is 404 g/mol. The molecule has 0 saturated carbocycles. The highest BCUT2D eigenvalue weighted by Gasteiger charge is 2.34. The zero-order valence-corrected chi connectivity index (χ0v) is 16.3. The molecule has 2 aliphatic rings. The number of carbonyl (C=O) groups excluding carboxylic acids is 4. The molecule has 2 aromatic rings. The van der Waals surface area contributed by atoms with Crippen LogP contribution < -0.4 is 0 Å². The Labute approximate surface area is 170 Å². The first-order chi connectivity index (χ1) is 14.2. The molecule has 2 aromatic carbocycles. The molecule has 7 nitrogen and oxygen atoms in total. The van der Waals surface area contributed by atoms with Crippen LogP contribution in [-0.2, 0) is 4.74 Å². The summed E-state index contributed by atoms with van der Waals surface area (Å²) in [7, 11) is 1.27. The highest BCUT2D eigenvalue weighted by Crippen LogP contribution is 2.45. The zero-order chi connectivity index (χ0) is 21.9. The first kappa shape index (κ1) is 19.3. The normalized spacial score (nSPS) is 15.1. The van der Waals surface area contributed by atoms with Gasteiger partial charge in [0, 0.05) is 28.3 Å². The quantitative estimate of drug-likeness (QED) is 0.789. The molecule has 0 saturated heterocycles. The van der Waals surface area contributed by atoms with Crippen LogP contribution in [0.2, 0.25) is 0 Å². The molecular formula is C23H16O7. The van der Waals surface area contributed by atoms with Gasteiger partial charge in [0.2, 0.25) is 5.78 Å². The topological polar surface area (TPSA) is 118 Å². The smallest absolute Gasteiger partial charge is 0.228 e. The van der Waals surface area contributed by atoms with Gasteiger partial charge in [0.1, 0.15) is 11.5 Å². The molecule has 30 heavy (non-hydrogen) atoms. The number of benzene rings is 2. The second-order valence-electron chi connectivity index (χ2n) is 7.15. The number of hydrogen-bond acceptors (Lipinski definition) is 7. The number of ether oxygens (including phenoxy) is 1. The number of fused-ring (bicyclic) bond motifs is 2. The van der Waals surface area contributed by atoms with Crippen molar-refractivity contribution in [1.29, 1.82) is 0 Å². The van der Waals surface area contributed by atoms with E-state index in [1.165, 1.54) is 19.2 Å². The van der Waals surface area contributed by atoms with E-state index in [0.29, 0.717) is 11.1 Å². The summed E-state index contributed by atoms with van der Waals surface area (Å²) in [6.07, 6.45) is 3.17. The molecule has 150 valence electrons. The van der Waals surface area contributed by atoms with Gasteiger partial charge in [-0.25, -0.2) is 0 Å². The number of allylic oxidation sites excluding steroid dienone is 4. The minimum Gasteiger partial charge on any atom is -0.507 e. The maximum Gasteiger partial charge on any atom is 0.228 e. The summed E-state index contributed by atoms with van der Waals surface area (Å²) < 4.78 is 4.95. The van der Waals surface area contributed by atoms with Crippen molar-refractivity contribution in [2.24, 2.45) is 0 Å². The number of phenolic OH excluding ortho intramolecular Hbond substituents is 2. The van der Waals surface area contributed by atoms with Gasteiger partial charge in [0.25, 0.3) is 0 Å². The van der Waals surface area contributed by atoms with Crippen LogP contribution in [0.4, 0.5) is 0 Å². The number of aromatic hydroxyl groups is 2. The van der Waals surface area contributed by atoms with Crippen LogP contribution >= 0.6 is 0 Å². The summed E-state index contributed by atoms with van der Waals surface area (Å²) >= 11 is 0. The largest absolute Gasteiger partial charge is 0.507 e. The van der Waals surface area contributed by atoms with E-state index in [2.05, 4.69) is 0 Å². The molecule has 0 unspecified atom stereocenters. The number of rotatable bonds is 2.